The second-order valence-corrected chi connectivity index (χ2v) is 11.1. The summed E-state index contributed by atoms with van der Waals surface area (Å²) in [6.07, 6.45) is 8.89. The summed E-state index contributed by atoms with van der Waals surface area (Å²) in [4.78, 5) is 36.2. The van der Waals surface area contributed by atoms with Crippen LogP contribution < -0.4 is 10.5 Å². The maximum atomic E-state index is 13.6. The first-order valence-electron chi connectivity index (χ1n) is 11.5. The second-order valence-electron chi connectivity index (χ2n) is 9.42. The third kappa shape index (κ3) is 3.88. The van der Waals surface area contributed by atoms with Crippen molar-refractivity contribution in [2.75, 3.05) is 18.0 Å². The normalized spacial score (nSPS) is 26.1. The van der Waals surface area contributed by atoms with E-state index < -0.39 is 0 Å². The molecule has 8 heteroatoms. The Labute approximate surface area is 197 Å². The van der Waals surface area contributed by atoms with Crippen LogP contribution in [0.2, 0.25) is 0 Å². The van der Waals surface area contributed by atoms with Crippen molar-refractivity contribution in [1.29, 1.82) is 0 Å². The molecule has 2 aromatic heterocycles. The van der Waals surface area contributed by atoms with Crippen LogP contribution in [0.15, 0.2) is 34.1 Å². The summed E-state index contributed by atoms with van der Waals surface area (Å²) in [6, 6.07) is 5.75. The van der Waals surface area contributed by atoms with Gasteiger partial charge in [0.25, 0.3) is 11.5 Å². The van der Waals surface area contributed by atoms with E-state index in [1.807, 2.05) is 18.2 Å². The molecule has 0 aromatic carbocycles. The number of anilines is 1. The monoisotopic (exact) mass is 468 g/mol. The van der Waals surface area contributed by atoms with Crippen LogP contribution in [0.25, 0.3) is 11.7 Å². The third-order valence-electron chi connectivity index (χ3n) is 6.71. The van der Waals surface area contributed by atoms with Gasteiger partial charge in [-0.3, -0.25) is 18.9 Å². The van der Waals surface area contributed by atoms with Gasteiger partial charge in [0.05, 0.1) is 10.5 Å². The van der Waals surface area contributed by atoms with Gasteiger partial charge < -0.3 is 4.90 Å². The highest BCUT2D eigenvalue weighted by Gasteiger charge is 2.38. The van der Waals surface area contributed by atoms with Crippen molar-refractivity contribution >= 4 is 51.7 Å². The largest absolute Gasteiger partial charge is 0.355 e. The molecule has 0 spiro atoms. The van der Waals surface area contributed by atoms with Crippen molar-refractivity contribution in [3.05, 3.63) is 45.2 Å². The smallest absolute Gasteiger partial charge is 0.267 e. The van der Waals surface area contributed by atoms with Gasteiger partial charge in [-0.05, 0) is 49.3 Å². The summed E-state index contributed by atoms with van der Waals surface area (Å²) in [7, 11) is 0. The number of pyridine rings is 1. The summed E-state index contributed by atoms with van der Waals surface area (Å²) in [5.41, 5.74) is 0.943. The molecule has 0 unspecified atom stereocenters. The maximum Gasteiger partial charge on any atom is 0.267 e. The lowest BCUT2D eigenvalue weighted by Gasteiger charge is -2.36. The number of nitrogens with zero attached hydrogens (tertiary/aromatic N) is 4. The lowest BCUT2D eigenvalue weighted by molar-refractivity contribution is -0.123. The summed E-state index contributed by atoms with van der Waals surface area (Å²) >= 11 is 6.87. The molecule has 2 atom stereocenters. The van der Waals surface area contributed by atoms with Crippen molar-refractivity contribution in [2.24, 2.45) is 11.8 Å². The molecule has 1 amide bonds. The average molecular weight is 469 g/mol. The summed E-state index contributed by atoms with van der Waals surface area (Å²) in [5, 5.41) is 0. The minimum atomic E-state index is -0.150. The highest BCUT2D eigenvalue weighted by Crippen LogP contribution is 2.38. The van der Waals surface area contributed by atoms with Gasteiger partial charge in [0, 0.05) is 25.3 Å². The highest BCUT2D eigenvalue weighted by atomic mass is 32.2. The first-order chi connectivity index (χ1) is 15.4. The standard InChI is InChI=1S/C24H28N4O2S2/c1-15-11-16(2)14-26(13-15)21-18(22(29)27-10-6-5-9-20(27)25-21)12-19-23(30)28(24(31)32-19)17-7-3-4-8-17/h5-6,9-10,12,15-17H,3-4,7-8,11,13-14H2,1-2H3/b19-12-/t15-,16-/m1/s1. The summed E-state index contributed by atoms with van der Waals surface area (Å²) < 4.78 is 2.16. The highest BCUT2D eigenvalue weighted by molar-refractivity contribution is 8.26. The fourth-order valence-electron chi connectivity index (χ4n) is 5.38. The topological polar surface area (TPSA) is 57.9 Å². The first-order valence-corrected chi connectivity index (χ1v) is 12.7. The molecule has 6 nitrogen and oxygen atoms in total. The predicted molar refractivity (Wildman–Crippen MR) is 134 cm³/mol. The predicted octanol–water partition coefficient (Wildman–Crippen LogP) is 4.32. The molecule has 4 heterocycles. The number of amides is 1. The van der Waals surface area contributed by atoms with E-state index in [0.717, 1.165) is 38.8 Å². The molecular weight excluding hydrogens is 440 g/mol. The number of thiocarbonyl (C=S) groups is 1. The Morgan fingerprint density at radius 1 is 1.12 bits per heavy atom. The Morgan fingerprint density at radius 3 is 2.56 bits per heavy atom. The number of hydrogen-bond acceptors (Lipinski definition) is 6. The Hall–Kier alpha value is -2.19. The molecule has 2 aromatic rings. The second kappa shape index (κ2) is 8.63. The molecule has 3 aliphatic rings. The number of thioether (sulfide) groups is 1. The van der Waals surface area contributed by atoms with E-state index in [1.54, 1.807) is 21.6 Å². The van der Waals surface area contributed by atoms with Crippen molar-refractivity contribution in [3.63, 3.8) is 0 Å². The summed E-state index contributed by atoms with van der Waals surface area (Å²) in [5.74, 6) is 1.63. The maximum absolute atomic E-state index is 13.6. The number of piperidine rings is 1. The Bertz CT molecular complexity index is 1160. The van der Waals surface area contributed by atoms with Crippen LogP contribution >= 0.6 is 24.0 Å². The van der Waals surface area contributed by atoms with Gasteiger partial charge in [-0.15, -0.1) is 0 Å². The van der Waals surface area contributed by atoms with E-state index in [-0.39, 0.29) is 17.5 Å². The molecule has 168 valence electrons. The fourth-order valence-corrected chi connectivity index (χ4v) is 6.76. The van der Waals surface area contributed by atoms with Crippen LogP contribution in [0, 0.1) is 11.8 Å². The number of hydrogen-bond donors (Lipinski definition) is 0. The van der Waals surface area contributed by atoms with E-state index in [2.05, 4.69) is 18.7 Å². The molecule has 2 aliphatic heterocycles. The van der Waals surface area contributed by atoms with Crippen molar-refractivity contribution < 1.29 is 4.79 Å². The summed E-state index contributed by atoms with van der Waals surface area (Å²) in [6.45, 7) is 6.18. The Balaban J connectivity index is 1.61. The van der Waals surface area contributed by atoms with Gasteiger partial charge in [0.15, 0.2) is 0 Å². The number of aromatic nitrogens is 2. The van der Waals surface area contributed by atoms with Crippen LogP contribution in [0.1, 0.15) is 51.5 Å². The molecule has 1 aliphatic carbocycles. The van der Waals surface area contributed by atoms with E-state index in [1.165, 1.54) is 18.2 Å². The minimum absolute atomic E-state index is 0.0733. The number of carbonyl (C=O) groups excluding carboxylic acids is 1. The van der Waals surface area contributed by atoms with Crippen molar-refractivity contribution in [3.8, 4) is 0 Å². The van der Waals surface area contributed by atoms with Gasteiger partial charge in [0.2, 0.25) is 0 Å². The molecule has 3 fully saturated rings. The van der Waals surface area contributed by atoms with E-state index >= 15 is 0 Å². The number of fused-ring (bicyclic) bond motifs is 1. The van der Waals surface area contributed by atoms with Crippen LogP contribution in [0.3, 0.4) is 0 Å². The lowest BCUT2D eigenvalue weighted by atomic mass is 9.91. The molecule has 0 radical (unpaired) electrons. The minimum Gasteiger partial charge on any atom is -0.355 e. The zero-order valence-corrected chi connectivity index (χ0v) is 20.1. The Morgan fingerprint density at radius 2 is 1.84 bits per heavy atom. The van der Waals surface area contributed by atoms with Gasteiger partial charge in [-0.1, -0.05) is 56.7 Å². The molecule has 0 bridgehead atoms. The lowest BCUT2D eigenvalue weighted by Crippen LogP contribution is -2.40. The molecule has 2 saturated heterocycles. The molecule has 1 saturated carbocycles. The van der Waals surface area contributed by atoms with E-state index in [0.29, 0.717) is 38.1 Å². The van der Waals surface area contributed by atoms with E-state index in [9.17, 15) is 9.59 Å². The molecule has 0 N–H and O–H groups in total. The van der Waals surface area contributed by atoms with E-state index in [4.69, 9.17) is 17.2 Å². The molecule has 32 heavy (non-hydrogen) atoms. The third-order valence-corrected chi connectivity index (χ3v) is 8.04. The van der Waals surface area contributed by atoms with Crippen LogP contribution in [0.5, 0.6) is 0 Å². The van der Waals surface area contributed by atoms with Crippen LogP contribution in [-0.4, -0.2) is 43.6 Å². The molecule has 5 rings (SSSR count). The fraction of sp³-hybridized carbons (Fsp3) is 0.500. The zero-order valence-electron chi connectivity index (χ0n) is 18.5. The number of carbonyl (C=O) groups is 1. The first kappa shape index (κ1) is 21.6. The van der Waals surface area contributed by atoms with Crippen molar-refractivity contribution in [2.45, 2.75) is 52.0 Å². The van der Waals surface area contributed by atoms with Crippen LogP contribution in [0.4, 0.5) is 5.82 Å². The van der Waals surface area contributed by atoms with Gasteiger partial charge >= 0.3 is 0 Å². The van der Waals surface area contributed by atoms with Crippen molar-refractivity contribution in [1.82, 2.24) is 14.3 Å². The molecular formula is C24H28N4O2S2. The quantitative estimate of drug-likeness (QED) is 0.494. The van der Waals surface area contributed by atoms with Crippen LogP contribution in [-0.2, 0) is 4.79 Å². The average Bonchev–Trinajstić information content (AvgIpc) is 3.37. The Kier molecular flexibility index (Phi) is 5.84. The van der Waals surface area contributed by atoms with Gasteiger partial charge in [-0.2, -0.15) is 0 Å². The SMILES string of the molecule is C[C@@H]1C[C@@H](C)CN(c2nc3ccccn3c(=O)c2/C=C2\SC(=S)N(C3CCCC3)C2=O)C1. The van der Waals surface area contributed by atoms with Gasteiger partial charge in [0.1, 0.15) is 15.8 Å². The van der Waals surface area contributed by atoms with Gasteiger partial charge in [-0.25, -0.2) is 4.98 Å². The number of rotatable bonds is 3. The zero-order chi connectivity index (χ0) is 22.4.